The van der Waals surface area contributed by atoms with Crippen molar-refractivity contribution in [3.8, 4) is 0 Å². The molecule has 88 valence electrons. The summed E-state index contributed by atoms with van der Waals surface area (Å²) in [5.41, 5.74) is 3.44. The maximum absolute atomic E-state index is 5.33. The Morgan fingerprint density at radius 1 is 1.12 bits per heavy atom. The lowest BCUT2D eigenvalue weighted by Gasteiger charge is -2.09. The molecule has 7 heteroatoms. The quantitative estimate of drug-likeness (QED) is 0.416. The number of hydrazine groups is 1. The van der Waals surface area contributed by atoms with E-state index in [-0.39, 0.29) is 0 Å². The van der Waals surface area contributed by atoms with E-state index in [1.54, 1.807) is 0 Å². The van der Waals surface area contributed by atoms with Gasteiger partial charge in [0.05, 0.1) is 0 Å². The van der Waals surface area contributed by atoms with Crippen LogP contribution in [0.1, 0.15) is 0 Å². The summed E-state index contributed by atoms with van der Waals surface area (Å²) in [5.74, 6) is 6.53. The van der Waals surface area contributed by atoms with E-state index in [4.69, 9.17) is 5.84 Å². The van der Waals surface area contributed by atoms with E-state index in [1.165, 1.54) is 9.90 Å². The second-order valence-electron chi connectivity index (χ2n) is 3.16. The number of halogens is 2. The van der Waals surface area contributed by atoms with Crippen LogP contribution < -0.4 is 16.6 Å². The van der Waals surface area contributed by atoms with Crippen molar-refractivity contribution in [2.45, 2.75) is 0 Å². The van der Waals surface area contributed by atoms with Gasteiger partial charge in [-0.15, -0.1) is 0 Å². The lowest BCUT2D eigenvalue weighted by Crippen LogP contribution is -2.10. The molecule has 0 unspecified atom stereocenters. The van der Waals surface area contributed by atoms with Crippen molar-refractivity contribution in [3.63, 3.8) is 0 Å². The second kappa shape index (κ2) is 5.61. The van der Waals surface area contributed by atoms with Gasteiger partial charge in [-0.2, -0.15) is 0 Å². The summed E-state index contributed by atoms with van der Waals surface area (Å²) in [6.45, 7) is 0. The van der Waals surface area contributed by atoms with Gasteiger partial charge in [0.25, 0.3) is 0 Å². The molecule has 0 saturated carbocycles. The van der Waals surface area contributed by atoms with E-state index in [9.17, 15) is 0 Å². The van der Waals surface area contributed by atoms with Gasteiger partial charge in [0.1, 0.15) is 16.6 Å². The number of benzene rings is 1. The van der Waals surface area contributed by atoms with Crippen LogP contribution in [0.25, 0.3) is 0 Å². The van der Waals surface area contributed by atoms with Gasteiger partial charge in [-0.3, -0.25) is 0 Å². The predicted octanol–water partition coefficient (Wildman–Crippen LogP) is 2.87. The Hall–Kier alpha value is -0.930. The van der Waals surface area contributed by atoms with E-state index in [0.29, 0.717) is 16.1 Å². The Balaban J connectivity index is 2.27. The molecule has 2 aromatic rings. The molecule has 2 rings (SSSR count). The number of nitrogens with two attached hydrogens (primary N) is 1. The van der Waals surface area contributed by atoms with Gasteiger partial charge < -0.3 is 10.7 Å². The van der Waals surface area contributed by atoms with E-state index < -0.39 is 0 Å². The third kappa shape index (κ3) is 3.05. The van der Waals surface area contributed by atoms with Gasteiger partial charge in [0, 0.05) is 9.26 Å². The zero-order chi connectivity index (χ0) is 12.3. The van der Waals surface area contributed by atoms with Crippen molar-refractivity contribution < 1.29 is 0 Å². The zero-order valence-electron chi connectivity index (χ0n) is 8.61. The lowest BCUT2D eigenvalue weighted by molar-refractivity contribution is 1.12. The molecule has 0 aliphatic carbocycles. The van der Waals surface area contributed by atoms with Crippen molar-refractivity contribution in [1.29, 1.82) is 0 Å². The Morgan fingerprint density at radius 2 is 1.76 bits per heavy atom. The highest BCUT2D eigenvalue weighted by atomic mass is 127. The summed E-state index contributed by atoms with van der Waals surface area (Å²) in [6.07, 6.45) is 1.44. The average molecular weight is 406 g/mol. The third-order valence-corrected chi connectivity index (χ3v) is 3.50. The zero-order valence-corrected chi connectivity index (χ0v) is 12.4. The normalized spacial score (nSPS) is 10.1. The first-order valence-corrected chi connectivity index (χ1v) is 6.57. The van der Waals surface area contributed by atoms with E-state index in [0.717, 1.165) is 5.69 Å². The number of hydrogen-bond donors (Lipinski definition) is 3. The van der Waals surface area contributed by atoms with E-state index >= 15 is 0 Å². The molecular formula is C10H9BrIN5. The number of nitrogens with one attached hydrogen (secondary N) is 2. The van der Waals surface area contributed by atoms with Crippen LogP contribution in [0.3, 0.4) is 0 Å². The number of aromatic nitrogens is 2. The molecular weight excluding hydrogens is 397 g/mol. The molecule has 0 bridgehead atoms. The molecule has 1 heterocycles. The molecule has 5 nitrogen and oxygen atoms in total. The first kappa shape index (κ1) is 12.5. The minimum atomic E-state index is 0.535. The minimum absolute atomic E-state index is 0.535. The fraction of sp³-hybridized carbons (Fsp3) is 0. The molecule has 0 spiro atoms. The highest BCUT2D eigenvalue weighted by molar-refractivity contribution is 14.1. The molecule has 0 fully saturated rings. The summed E-state index contributed by atoms with van der Waals surface area (Å²) >= 11 is 5.64. The maximum Gasteiger partial charge on any atom is 0.159 e. The number of nitrogen functional groups attached to an aromatic ring is 1. The van der Waals surface area contributed by atoms with Crippen LogP contribution in [0, 0.1) is 3.57 Å². The summed E-state index contributed by atoms with van der Waals surface area (Å²) in [6, 6.07) is 7.98. The Kier molecular flexibility index (Phi) is 4.13. The fourth-order valence-corrected chi connectivity index (χ4v) is 2.01. The summed E-state index contributed by atoms with van der Waals surface area (Å²) in [7, 11) is 0. The van der Waals surface area contributed by atoms with Crippen molar-refractivity contribution >= 4 is 55.8 Å². The van der Waals surface area contributed by atoms with Crippen LogP contribution >= 0.6 is 38.5 Å². The molecule has 0 saturated heterocycles. The van der Waals surface area contributed by atoms with Crippen LogP contribution in [0.15, 0.2) is 35.1 Å². The SMILES string of the molecule is NNc1ncnc(Nc2ccc(I)cc2)c1Br. The Bertz CT molecular complexity index is 517. The van der Waals surface area contributed by atoms with Crippen molar-refractivity contribution in [2.75, 3.05) is 10.7 Å². The van der Waals surface area contributed by atoms with Crippen LogP contribution in [-0.4, -0.2) is 9.97 Å². The standard InChI is InChI=1S/C10H9BrIN5/c11-8-9(14-5-15-10(8)17-13)16-7-3-1-6(12)2-4-7/h1-5H,13H2,(H2,14,15,16,17). The number of anilines is 3. The highest BCUT2D eigenvalue weighted by Gasteiger charge is 2.07. The van der Waals surface area contributed by atoms with Crippen LogP contribution in [0.2, 0.25) is 0 Å². The first-order valence-electron chi connectivity index (χ1n) is 4.70. The van der Waals surface area contributed by atoms with Gasteiger partial charge in [-0.1, -0.05) is 0 Å². The first-order chi connectivity index (χ1) is 8.20. The molecule has 0 atom stereocenters. The molecule has 1 aromatic carbocycles. The summed E-state index contributed by atoms with van der Waals surface area (Å²) < 4.78 is 1.88. The van der Waals surface area contributed by atoms with E-state index in [2.05, 4.69) is 59.2 Å². The lowest BCUT2D eigenvalue weighted by atomic mass is 10.3. The van der Waals surface area contributed by atoms with Gasteiger partial charge in [-0.05, 0) is 62.8 Å². The van der Waals surface area contributed by atoms with Crippen LogP contribution in [-0.2, 0) is 0 Å². The second-order valence-corrected chi connectivity index (χ2v) is 5.20. The smallest absolute Gasteiger partial charge is 0.159 e. The monoisotopic (exact) mass is 405 g/mol. The van der Waals surface area contributed by atoms with Gasteiger partial charge in [0.15, 0.2) is 5.82 Å². The highest BCUT2D eigenvalue weighted by Crippen LogP contribution is 2.28. The maximum atomic E-state index is 5.33. The van der Waals surface area contributed by atoms with Gasteiger partial charge >= 0.3 is 0 Å². The Morgan fingerprint density at radius 3 is 2.41 bits per heavy atom. The molecule has 17 heavy (non-hydrogen) atoms. The van der Waals surface area contributed by atoms with E-state index in [1.807, 2.05) is 24.3 Å². The minimum Gasteiger partial charge on any atom is -0.339 e. The molecule has 0 amide bonds. The molecule has 0 aliphatic heterocycles. The third-order valence-electron chi connectivity index (χ3n) is 2.03. The average Bonchev–Trinajstić information content (AvgIpc) is 2.35. The Labute approximate surface area is 120 Å². The van der Waals surface area contributed by atoms with Crippen molar-refractivity contribution in [3.05, 3.63) is 38.6 Å². The molecule has 0 radical (unpaired) electrons. The van der Waals surface area contributed by atoms with Crippen molar-refractivity contribution in [2.24, 2.45) is 5.84 Å². The molecule has 1 aromatic heterocycles. The van der Waals surface area contributed by atoms with Crippen molar-refractivity contribution in [1.82, 2.24) is 9.97 Å². The largest absolute Gasteiger partial charge is 0.339 e. The molecule has 4 N–H and O–H groups in total. The molecule has 0 aliphatic rings. The van der Waals surface area contributed by atoms with Crippen LogP contribution in [0.4, 0.5) is 17.3 Å². The predicted molar refractivity (Wildman–Crippen MR) is 80.0 cm³/mol. The van der Waals surface area contributed by atoms with Gasteiger partial charge in [-0.25, -0.2) is 15.8 Å². The fourth-order valence-electron chi connectivity index (χ4n) is 1.23. The van der Waals surface area contributed by atoms with Crippen LogP contribution in [0.5, 0.6) is 0 Å². The van der Waals surface area contributed by atoms with Gasteiger partial charge in [0.2, 0.25) is 0 Å². The summed E-state index contributed by atoms with van der Waals surface area (Å²) in [5, 5.41) is 3.18. The number of rotatable bonds is 3. The topological polar surface area (TPSA) is 75.9 Å². The number of nitrogens with zero attached hydrogens (tertiary/aromatic N) is 2. The number of hydrogen-bond acceptors (Lipinski definition) is 5. The summed E-state index contributed by atoms with van der Waals surface area (Å²) in [4.78, 5) is 8.12.